The first-order valence-electron chi connectivity index (χ1n) is 8.67. The van der Waals surface area contributed by atoms with Crippen molar-refractivity contribution in [2.24, 2.45) is 5.92 Å². The maximum atomic E-state index is 13.0. The van der Waals surface area contributed by atoms with Crippen LogP contribution in [0, 0.1) is 5.92 Å². The molecule has 4 nitrogen and oxygen atoms in total. The molecule has 0 aliphatic heterocycles. The van der Waals surface area contributed by atoms with Gasteiger partial charge in [-0.25, -0.2) is 4.98 Å². The summed E-state index contributed by atoms with van der Waals surface area (Å²) in [6.07, 6.45) is 5.42. The molecule has 0 spiro atoms. The normalized spacial score (nSPS) is 14.2. The van der Waals surface area contributed by atoms with Gasteiger partial charge in [0, 0.05) is 35.3 Å². The lowest BCUT2D eigenvalue weighted by Crippen LogP contribution is -2.34. The van der Waals surface area contributed by atoms with Crippen molar-refractivity contribution in [3.05, 3.63) is 46.6 Å². The Hall–Kier alpha value is -1.85. The molecule has 0 radical (unpaired) electrons. The zero-order chi connectivity index (χ0) is 17.4. The summed E-state index contributed by atoms with van der Waals surface area (Å²) in [6, 6.07) is 7.61. The Balaban J connectivity index is 1.65. The molecule has 1 aliphatic rings. The van der Waals surface area contributed by atoms with Crippen molar-refractivity contribution in [3.63, 3.8) is 0 Å². The molecular formula is C19H20ClN3OS. The van der Waals surface area contributed by atoms with E-state index in [0.717, 1.165) is 35.7 Å². The van der Waals surface area contributed by atoms with Crippen molar-refractivity contribution in [2.75, 3.05) is 13.1 Å². The SMILES string of the molecule is CCCN(CC1CC1)C(=O)c1csc2nc(-c3ccc(Cl)cc3)cn12. The Bertz CT molecular complexity index is 895. The molecule has 1 fully saturated rings. The molecule has 0 N–H and O–H groups in total. The van der Waals surface area contributed by atoms with Crippen LogP contribution in [-0.4, -0.2) is 33.3 Å². The van der Waals surface area contributed by atoms with E-state index in [1.807, 2.05) is 45.1 Å². The lowest BCUT2D eigenvalue weighted by Gasteiger charge is -2.21. The largest absolute Gasteiger partial charge is 0.337 e. The number of fused-ring (bicyclic) bond motifs is 1. The molecule has 4 rings (SSSR count). The van der Waals surface area contributed by atoms with E-state index in [1.54, 1.807) is 0 Å². The third kappa shape index (κ3) is 3.44. The van der Waals surface area contributed by atoms with Gasteiger partial charge in [0.15, 0.2) is 4.96 Å². The molecule has 0 atom stereocenters. The Labute approximate surface area is 156 Å². The zero-order valence-electron chi connectivity index (χ0n) is 14.1. The number of hydrogen-bond acceptors (Lipinski definition) is 3. The average Bonchev–Trinajstić information content (AvgIpc) is 3.18. The quantitative estimate of drug-likeness (QED) is 0.611. The topological polar surface area (TPSA) is 37.6 Å². The van der Waals surface area contributed by atoms with E-state index in [-0.39, 0.29) is 5.91 Å². The predicted octanol–water partition coefficient (Wildman–Crippen LogP) is 4.98. The zero-order valence-corrected chi connectivity index (χ0v) is 15.7. The van der Waals surface area contributed by atoms with Crippen molar-refractivity contribution in [3.8, 4) is 11.3 Å². The second-order valence-electron chi connectivity index (χ2n) is 6.60. The molecule has 1 aromatic carbocycles. The van der Waals surface area contributed by atoms with Gasteiger partial charge in [-0.2, -0.15) is 0 Å². The van der Waals surface area contributed by atoms with E-state index in [9.17, 15) is 4.79 Å². The standard InChI is InChI=1S/C19H20ClN3OS/c1-2-9-22(10-13-3-4-13)18(24)17-12-25-19-21-16(11-23(17)19)14-5-7-15(20)8-6-14/h5-8,11-13H,2-4,9-10H2,1H3. The summed E-state index contributed by atoms with van der Waals surface area (Å²) in [5, 5.41) is 2.63. The molecule has 3 aromatic rings. The number of amides is 1. The number of imidazole rings is 1. The molecule has 130 valence electrons. The van der Waals surface area contributed by atoms with Gasteiger partial charge in [0.1, 0.15) is 5.69 Å². The van der Waals surface area contributed by atoms with Gasteiger partial charge in [0.05, 0.1) is 5.69 Å². The van der Waals surface area contributed by atoms with Crippen LogP contribution in [0.15, 0.2) is 35.8 Å². The highest BCUT2D eigenvalue weighted by Gasteiger charge is 2.28. The van der Waals surface area contributed by atoms with E-state index in [2.05, 4.69) is 11.9 Å². The van der Waals surface area contributed by atoms with Gasteiger partial charge in [0.2, 0.25) is 0 Å². The molecule has 1 amide bonds. The molecule has 25 heavy (non-hydrogen) atoms. The maximum absolute atomic E-state index is 13.0. The van der Waals surface area contributed by atoms with Crippen LogP contribution in [0.3, 0.4) is 0 Å². The molecule has 2 aromatic heterocycles. The van der Waals surface area contributed by atoms with Gasteiger partial charge in [-0.15, -0.1) is 11.3 Å². The van der Waals surface area contributed by atoms with E-state index in [4.69, 9.17) is 11.6 Å². The van der Waals surface area contributed by atoms with Crippen LogP contribution in [0.4, 0.5) is 0 Å². The maximum Gasteiger partial charge on any atom is 0.271 e. The minimum absolute atomic E-state index is 0.111. The molecule has 1 saturated carbocycles. The van der Waals surface area contributed by atoms with Gasteiger partial charge in [0.25, 0.3) is 5.91 Å². The fraction of sp³-hybridized carbons (Fsp3) is 0.368. The number of aromatic nitrogens is 2. The number of hydrogen-bond donors (Lipinski definition) is 0. The number of carbonyl (C=O) groups excluding carboxylic acids is 1. The van der Waals surface area contributed by atoms with E-state index in [0.29, 0.717) is 16.6 Å². The van der Waals surface area contributed by atoms with Crippen molar-refractivity contribution in [1.29, 1.82) is 0 Å². The lowest BCUT2D eigenvalue weighted by molar-refractivity contribution is 0.0741. The van der Waals surface area contributed by atoms with E-state index < -0.39 is 0 Å². The average molecular weight is 374 g/mol. The van der Waals surface area contributed by atoms with E-state index >= 15 is 0 Å². The first-order valence-corrected chi connectivity index (χ1v) is 9.93. The molecule has 0 bridgehead atoms. The van der Waals surface area contributed by atoms with Crippen LogP contribution in [0.1, 0.15) is 36.7 Å². The Morgan fingerprint density at radius 3 is 2.80 bits per heavy atom. The van der Waals surface area contributed by atoms with Crippen LogP contribution in [-0.2, 0) is 0 Å². The molecule has 0 unspecified atom stereocenters. The number of rotatable bonds is 6. The fourth-order valence-electron chi connectivity index (χ4n) is 3.02. The molecule has 2 heterocycles. The van der Waals surface area contributed by atoms with Crippen LogP contribution < -0.4 is 0 Å². The van der Waals surface area contributed by atoms with Gasteiger partial charge in [-0.1, -0.05) is 30.7 Å². The van der Waals surface area contributed by atoms with Gasteiger partial charge in [-0.3, -0.25) is 9.20 Å². The third-order valence-corrected chi connectivity index (χ3v) is 5.62. The smallest absolute Gasteiger partial charge is 0.271 e. The first-order chi connectivity index (χ1) is 12.2. The second-order valence-corrected chi connectivity index (χ2v) is 7.87. The highest BCUT2D eigenvalue weighted by Crippen LogP contribution is 2.31. The van der Waals surface area contributed by atoms with Gasteiger partial charge >= 0.3 is 0 Å². The third-order valence-electron chi connectivity index (χ3n) is 4.52. The fourth-order valence-corrected chi connectivity index (χ4v) is 3.99. The van der Waals surface area contributed by atoms with Crippen LogP contribution >= 0.6 is 22.9 Å². The van der Waals surface area contributed by atoms with Crippen molar-refractivity contribution in [1.82, 2.24) is 14.3 Å². The Morgan fingerprint density at radius 1 is 1.36 bits per heavy atom. The summed E-state index contributed by atoms with van der Waals surface area (Å²) in [7, 11) is 0. The molecule has 6 heteroatoms. The predicted molar refractivity (Wildman–Crippen MR) is 102 cm³/mol. The number of carbonyl (C=O) groups is 1. The van der Waals surface area contributed by atoms with E-state index in [1.165, 1.54) is 24.2 Å². The molecular weight excluding hydrogens is 354 g/mol. The number of thiazole rings is 1. The summed E-state index contributed by atoms with van der Waals surface area (Å²) < 4.78 is 1.92. The summed E-state index contributed by atoms with van der Waals surface area (Å²) in [6.45, 7) is 3.81. The summed E-state index contributed by atoms with van der Waals surface area (Å²) in [5.74, 6) is 0.803. The van der Waals surface area contributed by atoms with Gasteiger partial charge in [-0.05, 0) is 37.3 Å². The Kier molecular flexibility index (Phi) is 4.52. The first kappa shape index (κ1) is 16.6. The molecule has 0 saturated heterocycles. The monoisotopic (exact) mass is 373 g/mol. The van der Waals surface area contributed by atoms with Crippen LogP contribution in [0.2, 0.25) is 5.02 Å². The minimum atomic E-state index is 0.111. The summed E-state index contributed by atoms with van der Waals surface area (Å²) in [5.41, 5.74) is 2.57. The van der Waals surface area contributed by atoms with Crippen LogP contribution in [0.5, 0.6) is 0 Å². The minimum Gasteiger partial charge on any atom is -0.337 e. The van der Waals surface area contributed by atoms with Crippen molar-refractivity contribution >= 4 is 33.8 Å². The number of benzene rings is 1. The molecule has 1 aliphatic carbocycles. The van der Waals surface area contributed by atoms with Crippen molar-refractivity contribution < 1.29 is 4.79 Å². The Morgan fingerprint density at radius 2 is 2.12 bits per heavy atom. The highest BCUT2D eigenvalue weighted by molar-refractivity contribution is 7.15. The summed E-state index contributed by atoms with van der Waals surface area (Å²) >= 11 is 7.47. The second kappa shape index (κ2) is 6.81. The lowest BCUT2D eigenvalue weighted by atomic mass is 10.2. The van der Waals surface area contributed by atoms with Gasteiger partial charge < -0.3 is 4.90 Å². The van der Waals surface area contributed by atoms with Crippen molar-refractivity contribution in [2.45, 2.75) is 26.2 Å². The highest BCUT2D eigenvalue weighted by atomic mass is 35.5. The number of halogens is 1. The van der Waals surface area contributed by atoms with Crippen LogP contribution in [0.25, 0.3) is 16.2 Å². The summed E-state index contributed by atoms with van der Waals surface area (Å²) in [4.78, 5) is 20.5. The number of nitrogens with zero attached hydrogens (tertiary/aromatic N) is 3.